The van der Waals surface area contributed by atoms with Gasteiger partial charge in [-0.15, -0.1) is 0 Å². The first-order chi connectivity index (χ1) is 13.5. The number of ether oxygens (including phenoxy) is 3. The molecule has 0 aromatic heterocycles. The van der Waals surface area contributed by atoms with Gasteiger partial charge >= 0.3 is 0 Å². The Balaban J connectivity index is 2.13. The first kappa shape index (κ1) is 21.1. The lowest BCUT2D eigenvalue weighted by atomic mass is 10.1. The Morgan fingerprint density at radius 3 is 2.57 bits per heavy atom. The van der Waals surface area contributed by atoms with Gasteiger partial charge < -0.3 is 19.5 Å². The van der Waals surface area contributed by atoms with E-state index in [1.54, 1.807) is 43.5 Å². The number of hydrogen-bond donors (Lipinski definition) is 1. The lowest BCUT2D eigenvalue weighted by molar-refractivity contribution is -0.117. The molecule has 6 nitrogen and oxygen atoms in total. The smallest absolute Gasteiger partial charge is 0.262 e. The van der Waals surface area contributed by atoms with Crippen LogP contribution in [-0.2, 0) is 11.3 Å². The third-order valence-corrected chi connectivity index (χ3v) is 4.16. The fourth-order valence-corrected chi connectivity index (χ4v) is 2.71. The molecule has 0 heterocycles. The quantitative estimate of drug-likeness (QED) is 0.535. The molecule has 0 aliphatic heterocycles. The van der Waals surface area contributed by atoms with Crippen molar-refractivity contribution >= 4 is 23.6 Å². The molecular weight excluding hydrogens is 380 g/mol. The van der Waals surface area contributed by atoms with Crippen molar-refractivity contribution in [2.45, 2.75) is 13.5 Å². The van der Waals surface area contributed by atoms with Gasteiger partial charge in [0.15, 0.2) is 0 Å². The molecule has 0 saturated carbocycles. The highest BCUT2D eigenvalue weighted by Crippen LogP contribution is 2.27. The third kappa shape index (κ3) is 5.41. The number of hydrogen-bond acceptors (Lipinski definition) is 5. The molecule has 0 spiro atoms. The van der Waals surface area contributed by atoms with Crippen molar-refractivity contribution < 1.29 is 19.0 Å². The zero-order chi connectivity index (χ0) is 20.5. The van der Waals surface area contributed by atoms with Crippen LogP contribution in [0.25, 0.3) is 6.08 Å². The normalized spacial score (nSPS) is 10.8. The largest absolute Gasteiger partial charge is 0.497 e. The van der Waals surface area contributed by atoms with Gasteiger partial charge in [0.25, 0.3) is 5.91 Å². The van der Waals surface area contributed by atoms with Crippen molar-refractivity contribution in [3.63, 3.8) is 0 Å². The predicted octanol–water partition coefficient (Wildman–Crippen LogP) is 3.98. The molecule has 2 aromatic carbocycles. The van der Waals surface area contributed by atoms with Crippen LogP contribution in [0.2, 0.25) is 5.02 Å². The minimum absolute atomic E-state index is 0.0345. The Labute approximate surface area is 169 Å². The zero-order valence-electron chi connectivity index (χ0n) is 15.9. The monoisotopic (exact) mass is 400 g/mol. The summed E-state index contributed by atoms with van der Waals surface area (Å²) in [5.41, 5.74) is 1.35. The molecule has 0 bridgehead atoms. The van der Waals surface area contributed by atoms with Gasteiger partial charge in [-0.2, -0.15) is 5.26 Å². The number of methoxy groups -OCH3 is 2. The van der Waals surface area contributed by atoms with E-state index < -0.39 is 5.91 Å². The Morgan fingerprint density at radius 2 is 1.96 bits per heavy atom. The first-order valence-electron chi connectivity index (χ1n) is 8.55. The summed E-state index contributed by atoms with van der Waals surface area (Å²) in [5.74, 6) is 1.29. The van der Waals surface area contributed by atoms with Crippen LogP contribution in [0, 0.1) is 11.3 Å². The van der Waals surface area contributed by atoms with Crippen LogP contribution < -0.4 is 19.5 Å². The predicted molar refractivity (Wildman–Crippen MR) is 108 cm³/mol. The molecule has 0 radical (unpaired) electrons. The molecule has 0 saturated heterocycles. The molecule has 7 heteroatoms. The van der Waals surface area contributed by atoms with Crippen molar-refractivity contribution in [3.05, 3.63) is 58.1 Å². The lowest BCUT2D eigenvalue weighted by Gasteiger charge is -2.11. The van der Waals surface area contributed by atoms with E-state index in [2.05, 4.69) is 5.32 Å². The van der Waals surface area contributed by atoms with Gasteiger partial charge in [-0.1, -0.05) is 17.7 Å². The van der Waals surface area contributed by atoms with E-state index in [-0.39, 0.29) is 12.1 Å². The van der Waals surface area contributed by atoms with Crippen LogP contribution in [0.3, 0.4) is 0 Å². The van der Waals surface area contributed by atoms with Gasteiger partial charge in [0.1, 0.15) is 28.9 Å². The number of halogens is 1. The van der Waals surface area contributed by atoms with E-state index in [9.17, 15) is 10.1 Å². The van der Waals surface area contributed by atoms with Crippen molar-refractivity contribution in [3.8, 4) is 23.3 Å². The molecule has 2 rings (SSSR count). The maximum Gasteiger partial charge on any atom is 0.262 e. The van der Waals surface area contributed by atoms with Crippen LogP contribution in [0.15, 0.2) is 42.0 Å². The molecule has 1 N–H and O–H groups in total. The number of amides is 1. The standard InChI is InChI=1S/C21H21ClN2O4/c1-4-28-19-8-5-14(10-18(19)22)9-16(12-23)21(25)24-13-15-6-7-17(26-2)11-20(15)27-3/h5-11H,4,13H2,1-3H3,(H,24,25)/b16-9+. The van der Waals surface area contributed by atoms with Crippen molar-refractivity contribution in [2.24, 2.45) is 0 Å². The number of carbonyl (C=O) groups is 1. The number of rotatable bonds is 8. The van der Waals surface area contributed by atoms with Crippen LogP contribution >= 0.6 is 11.6 Å². The summed E-state index contributed by atoms with van der Waals surface area (Å²) >= 11 is 6.15. The molecule has 0 atom stereocenters. The summed E-state index contributed by atoms with van der Waals surface area (Å²) in [5, 5.41) is 12.5. The summed E-state index contributed by atoms with van der Waals surface area (Å²) in [4.78, 5) is 12.4. The average Bonchev–Trinajstić information content (AvgIpc) is 2.72. The van der Waals surface area contributed by atoms with E-state index in [1.807, 2.05) is 13.0 Å². The second-order valence-corrected chi connectivity index (χ2v) is 6.06. The summed E-state index contributed by atoms with van der Waals surface area (Å²) in [6, 6.07) is 12.3. The van der Waals surface area contributed by atoms with E-state index in [4.69, 9.17) is 25.8 Å². The topological polar surface area (TPSA) is 80.6 Å². The molecular formula is C21H21ClN2O4. The second kappa shape index (κ2) is 10.2. The Morgan fingerprint density at radius 1 is 1.18 bits per heavy atom. The van der Waals surface area contributed by atoms with Crippen LogP contribution in [-0.4, -0.2) is 26.7 Å². The van der Waals surface area contributed by atoms with E-state index in [0.29, 0.717) is 34.4 Å². The van der Waals surface area contributed by atoms with E-state index in [1.165, 1.54) is 13.2 Å². The zero-order valence-corrected chi connectivity index (χ0v) is 16.7. The summed E-state index contributed by atoms with van der Waals surface area (Å²) < 4.78 is 15.8. The highest BCUT2D eigenvalue weighted by Gasteiger charge is 2.12. The number of nitrogens with one attached hydrogen (secondary N) is 1. The minimum atomic E-state index is -0.495. The van der Waals surface area contributed by atoms with Gasteiger partial charge in [-0.05, 0) is 42.8 Å². The molecule has 1 amide bonds. The average molecular weight is 401 g/mol. The molecule has 146 valence electrons. The maximum atomic E-state index is 12.4. The fourth-order valence-electron chi connectivity index (χ4n) is 2.46. The van der Waals surface area contributed by atoms with Gasteiger partial charge in [-0.25, -0.2) is 0 Å². The van der Waals surface area contributed by atoms with E-state index in [0.717, 1.165) is 5.56 Å². The third-order valence-electron chi connectivity index (χ3n) is 3.87. The molecule has 0 fully saturated rings. The summed E-state index contributed by atoms with van der Waals surface area (Å²) in [6.45, 7) is 2.56. The summed E-state index contributed by atoms with van der Waals surface area (Å²) in [7, 11) is 3.10. The Bertz CT molecular complexity index is 919. The van der Waals surface area contributed by atoms with Gasteiger partial charge in [0, 0.05) is 18.2 Å². The molecule has 0 aliphatic carbocycles. The minimum Gasteiger partial charge on any atom is -0.497 e. The van der Waals surface area contributed by atoms with Crippen molar-refractivity contribution in [1.29, 1.82) is 5.26 Å². The SMILES string of the molecule is CCOc1ccc(/C=C(\C#N)C(=O)NCc2ccc(OC)cc2OC)cc1Cl. The van der Waals surface area contributed by atoms with Crippen LogP contribution in [0.5, 0.6) is 17.2 Å². The highest BCUT2D eigenvalue weighted by molar-refractivity contribution is 6.32. The van der Waals surface area contributed by atoms with Crippen molar-refractivity contribution in [2.75, 3.05) is 20.8 Å². The fraction of sp³-hybridized carbons (Fsp3) is 0.238. The van der Waals surface area contributed by atoms with Gasteiger partial charge in [0.05, 0.1) is 25.8 Å². The number of nitrogens with zero attached hydrogens (tertiary/aromatic N) is 1. The summed E-state index contributed by atoms with van der Waals surface area (Å²) in [6.07, 6.45) is 1.47. The maximum absolute atomic E-state index is 12.4. The lowest BCUT2D eigenvalue weighted by Crippen LogP contribution is -2.24. The van der Waals surface area contributed by atoms with Crippen LogP contribution in [0.4, 0.5) is 0 Å². The highest BCUT2D eigenvalue weighted by atomic mass is 35.5. The van der Waals surface area contributed by atoms with E-state index >= 15 is 0 Å². The number of benzene rings is 2. The number of carbonyl (C=O) groups excluding carboxylic acids is 1. The molecule has 0 aliphatic rings. The Hall–Kier alpha value is -3.17. The first-order valence-corrected chi connectivity index (χ1v) is 8.93. The van der Waals surface area contributed by atoms with Gasteiger partial charge in [-0.3, -0.25) is 4.79 Å². The number of nitriles is 1. The molecule has 2 aromatic rings. The van der Waals surface area contributed by atoms with Crippen LogP contribution in [0.1, 0.15) is 18.1 Å². The molecule has 0 unspecified atom stereocenters. The van der Waals surface area contributed by atoms with Crippen molar-refractivity contribution in [1.82, 2.24) is 5.32 Å². The molecule has 28 heavy (non-hydrogen) atoms. The van der Waals surface area contributed by atoms with Gasteiger partial charge in [0.2, 0.25) is 0 Å². The second-order valence-electron chi connectivity index (χ2n) is 5.65. The Kier molecular flexibility index (Phi) is 7.73.